The van der Waals surface area contributed by atoms with Crippen LogP contribution in [0.3, 0.4) is 0 Å². The Balaban J connectivity index is 0.902. The molecule has 26 heteroatoms. The first-order chi connectivity index (χ1) is 24.9. The number of aliphatic hydroxyl groups excluding tert-OH is 2. The number of H-pyrrole nitrogens is 2. The number of ether oxygens (including phenoxy) is 3. The number of epoxide rings is 2. The highest BCUT2D eigenvalue weighted by molar-refractivity contribution is 7.61. The largest absolute Gasteiger partial charge is 0.481 e. The van der Waals surface area contributed by atoms with Crippen LogP contribution in [0.1, 0.15) is 17.4 Å². The van der Waals surface area contributed by atoms with Crippen LogP contribution < -0.4 is 21.5 Å². The average Bonchev–Trinajstić information content (AvgIpc) is 3.80. The van der Waals surface area contributed by atoms with Gasteiger partial charge in [-0.15, -0.1) is 0 Å². The number of aryl methyl sites for hydroxylation is 2. The number of aromatic nitrogens is 8. The number of phosphoric acid groups is 2. The molecule has 1 aromatic carbocycles. The minimum Gasteiger partial charge on any atom is -0.387 e. The second-order valence-corrected chi connectivity index (χ2v) is 15.7. The van der Waals surface area contributed by atoms with Gasteiger partial charge in [0.25, 0.3) is 17.1 Å². The molecule has 3 aliphatic rings. The Morgan fingerprint density at radius 1 is 1.02 bits per heavy atom. The molecule has 0 saturated carbocycles. The fraction of sp³-hybridized carbons (Fsp3) is 0.444. The number of hydrogen-bond acceptors (Lipinski definition) is 18. The van der Waals surface area contributed by atoms with E-state index in [1.165, 1.54) is 15.5 Å². The molecule has 282 valence electrons. The number of fused-ring (bicyclic) bond motifs is 3. The monoisotopic (exact) mass is 782 g/mol. The van der Waals surface area contributed by atoms with E-state index in [4.69, 9.17) is 29.0 Å². The van der Waals surface area contributed by atoms with E-state index in [2.05, 4.69) is 34.2 Å². The topological polar surface area (TPSA) is 349 Å². The molecule has 5 aromatic rings. The maximum absolute atomic E-state index is 12.6. The maximum Gasteiger partial charge on any atom is 0.481 e. The van der Waals surface area contributed by atoms with Gasteiger partial charge in [0.05, 0.1) is 19.5 Å². The van der Waals surface area contributed by atoms with E-state index in [9.17, 15) is 43.8 Å². The molecule has 7 heterocycles. The lowest BCUT2D eigenvalue weighted by molar-refractivity contribution is -0.662. The van der Waals surface area contributed by atoms with Crippen LogP contribution in [-0.2, 0) is 43.2 Å². The SMILES string of the molecule is Cc1cc2nc3c(=O)[nH]c(=O)[nH]c3[n+](C[C@@]3(O)O[C@@]34O[C@@H]4COP(=O)(O)OP(=O)(O)OC[C@H]3O[C@@H](n4cnc5c(N)ncnc54)[C@H](O)[C@@H]3O)c2cc1C. The third-order valence-corrected chi connectivity index (χ3v) is 11.8. The van der Waals surface area contributed by atoms with Crippen molar-refractivity contribution in [3.8, 4) is 0 Å². The molecule has 0 radical (unpaired) electrons. The van der Waals surface area contributed by atoms with E-state index in [0.29, 0.717) is 11.0 Å². The van der Waals surface area contributed by atoms with Gasteiger partial charge in [-0.25, -0.2) is 38.4 Å². The molecule has 0 amide bonds. The molecular weight excluding hydrogens is 752 g/mol. The first-order valence-corrected chi connectivity index (χ1v) is 18.6. The number of hydrogen-bond donors (Lipinski definition) is 8. The van der Waals surface area contributed by atoms with Crippen LogP contribution in [0.4, 0.5) is 5.82 Å². The lowest BCUT2D eigenvalue weighted by Crippen LogP contribution is -2.47. The highest BCUT2D eigenvalue weighted by Gasteiger charge is 2.88. The second kappa shape index (κ2) is 12.2. The quantitative estimate of drug-likeness (QED) is 0.0304. The summed E-state index contributed by atoms with van der Waals surface area (Å²) in [6, 6.07) is 3.47. The number of nitrogens with one attached hydrogen (secondary N) is 2. The molecular formula is C27H30N9O15P2+. The molecule has 3 aliphatic heterocycles. The molecule has 2 unspecified atom stereocenters. The highest BCUT2D eigenvalue weighted by atomic mass is 31.3. The zero-order valence-electron chi connectivity index (χ0n) is 27.3. The molecule has 3 fully saturated rings. The summed E-state index contributed by atoms with van der Waals surface area (Å²) in [6.45, 7) is 1.60. The first-order valence-electron chi connectivity index (χ1n) is 15.6. The second-order valence-electron chi connectivity index (χ2n) is 12.6. The number of benzene rings is 1. The van der Waals surface area contributed by atoms with Gasteiger partial charge in [0.2, 0.25) is 5.52 Å². The maximum atomic E-state index is 12.6. The van der Waals surface area contributed by atoms with Gasteiger partial charge in [0.15, 0.2) is 29.8 Å². The van der Waals surface area contributed by atoms with Gasteiger partial charge >= 0.3 is 27.0 Å². The minimum atomic E-state index is -5.38. The van der Waals surface area contributed by atoms with Crippen LogP contribution in [0, 0.1) is 13.8 Å². The zero-order valence-corrected chi connectivity index (χ0v) is 29.1. The molecule has 1 spiro atoms. The average molecular weight is 783 g/mol. The number of rotatable bonds is 11. The van der Waals surface area contributed by atoms with Crippen LogP contribution >= 0.6 is 15.6 Å². The summed E-state index contributed by atoms with van der Waals surface area (Å²) in [4.78, 5) is 66.1. The molecule has 9 atom stereocenters. The summed E-state index contributed by atoms with van der Waals surface area (Å²) in [5.74, 6) is -3.78. The number of anilines is 1. The van der Waals surface area contributed by atoms with Crippen molar-refractivity contribution in [3.05, 3.63) is 56.8 Å². The van der Waals surface area contributed by atoms with Crippen molar-refractivity contribution in [2.45, 2.75) is 62.6 Å². The standard InChI is InChI=1S/C27H29N9O15P2/c1-10-3-12-13(4-11(10)2)35(22-17(32-12)23(39)34-25(40)33-22)7-26(41)27(50-26)15(49-27)6-47-53(44,45)51-52(42,43)46-5-14-18(37)19(38)24(48-14)36-9-31-16-20(28)29-8-30-21(16)36/h3-4,8-9,14-15,18-19,24,37-38,41H,5-7H2,1-2H3,(H5,28,29,30,34,39,40,42,43,44,45)/p+1/t14-,15-,18-,19-,24-,26-,27-/m1/s1. The van der Waals surface area contributed by atoms with Crippen molar-refractivity contribution >= 4 is 54.8 Å². The number of nitrogen functional groups attached to an aromatic ring is 1. The van der Waals surface area contributed by atoms with Crippen LogP contribution in [0.5, 0.6) is 0 Å². The van der Waals surface area contributed by atoms with Crippen molar-refractivity contribution in [1.29, 1.82) is 0 Å². The third-order valence-electron chi connectivity index (χ3n) is 9.16. The van der Waals surface area contributed by atoms with Gasteiger partial charge in [-0.3, -0.25) is 23.4 Å². The van der Waals surface area contributed by atoms with E-state index in [1.54, 1.807) is 12.1 Å². The van der Waals surface area contributed by atoms with E-state index in [1.807, 2.05) is 13.8 Å². The van der Waals surface area contributed by atoms with E-state index in [0.717, 1.165) is 17.5 Å². The van der Waals surface area contributed by atoms with Crippen molar-refractivity contribution in [2.75, 3.05) is 18.9 Å². The Morgan fingerprint density at radius 3 is 2.49 bits per heavy atom. The number of imidazole rings is 1. The minimum absolute atomic E-state index is 0.0236. The van der Waals surface area contributed by atoms with Crippen molar-refractivity contribution < 1.29 is 66.4 Å². The van der Waals surface area contributed by atoms with Crippen molar-refractivity contribution in [1.82, 2.24) is 34.5 Å². The van der Waals surface area contributed by atoms with Crippen LogP contribution in [0.2, 0.25) is 0 Å². The molecule has 4 aromatic heterocycles. The predicted octanol–water partition coefficient (Wildman–Crippen LogP) is -2.23. The van der Waals surface area contributed by atoms with Crippen LogP contribution in [0.15, 0.2) is 34.4 Å². The van der Waals surface area contributed by atoms with Gasteiger partial charge < -0.3 is 45.1 Å². The normalized spacial score (nSPS) is 30.3. The molecule has 24 nitrogen and oxygen atoms in total. The summed E-state index contributed by atoms with van der Waals surface area (Å²) >= 11 is 0. The summed E-state index contributed by atoms with van der Waals surface area (Å²) < 4.78 is 58.5. The van der Waals surface area contributed by atoms with E-state index < -0.39 is 88.9 Å². The van der Waals surface area contributed by atoms with Crippen LogP contribution in [-0.4, -0.2) is 109 Å². The van der Waals surface area contributed by atoms with E-state index in [-0.39, 0.29) is 28.1 Å². The third kappa shape index (κ3) is 6.16. The first kappa shape index (κ1) is 35.9. The summed E-state index contributed by atoms with van der Waals surface area (Å²) in [7, 11) is -10.7. The molecule has 8 rings (SSSR count). The molecule has 0 bridgehead atoms. The van der Waals surface area contributed by atoms with E-state index >= 15 is 0 Å². The summed E-state index contributed by atoms with van der Waals surface area (Å²) in [6.07, 6.45) is -4.77. The number of aromatic amines is 2. The molecule has 9 N–H and O–H groups in total. The van der Waals surface area contributed by atoms with Gasteiger partial charge in [-0.1, -0.05) is 0 Å². The van der Waals surface area contributed by atoms with Gasteiger partial charge in [0, 0.05) is 0 Å². The summed E-state index contributed by atoms with van der Waals surface area (Å²) in [5.41, 5.74) is 6.91. The number of nitrogens with two attached hydrogens (primary N) is 1. The van der Waals surface area contributed by atoms with Crippen LogP contribution in [0.25, 0.3) is 33.4 Å². The van der Waals surface area contributed by atoms with Crippen molar-refractivity contribution in [3.63, 3.8) is 0 Å². The molecule has 3 saturated heterocycles. The Labute approximate surface area is 293 Å². The number of nitrogens with zero attached hydrogens (tertiary/aromatic N) is 6. The fourth-order valence-electron chi connectivity index (χ4n) is 6.26. The Hall–Kier alpha value is -4.13. The highest BCUT2D eigenvalue weighted by Crippen LogP contribution is 2.65. The number of phosphoric ester groups is 2. The summed E-state index contributed by atoms with van der Waals surface area (Å²) in [5, 5.41) is 32.4. The Morgan fingerprint density at radius 2 is 1.74 bits per heavy atom. The predicted molar refractivity (Wildman–Crippen MR) is 172 cm³/mol. The Bertz CT molecular complexity index is 2550. The van der Waals surface area contributed by atoms with Gasteiger partial charge in [-0.05, 0) is 37.1 Å². The molecule has 53 heavy (non-hydrogen) atoms. The lowest BCUT2D eigenvalue weighted by Gasteiger charge is -2.19. The van der Waals surface area contributed by atoms with Gasteiger partial charge in [0.1, 0.15) is 41.8 Å². The molecule has 0 aliphatic carbocycles. The smallest absolute Gasteiger partial charge is 0.387 e. The fourth-order valence-corrected chi connectivity index (χ4v) is 8.34. The zero-order chi connectivity index (χ0) is 37.8. The number of aliphatic hydroxyl groups is 3. The lowest BCUT2D eigenvalue weighted by atomic mass is 10.1. The Kier molecular flexibility index (Phi) is 8.25. The van der Waals surface area contributed by atoms with Crippen molar-refractivity contribution in [2.24, 2.45) is 0 Å². The van der Waals surface area contributed by atoms with Gasteiger partial charge in [-0.2, -0.15) is 9.29 Å².